The monoisotopic (exact) mass is 474 g/mol. The van der Waals surface area contributed by atoms with Crippen LogP contribution in [0.4, 0.5) is 0 Å². The van der Waals surface area contributed by atoms with Crippen LogP contribution in [-0.2, 0) is 19.1 Å². The first kappa shape index (κ1) is 24.9. The molecule has 5 nitrogen and oxygen atoms in total. The summed E-state index contributed by atoms with van der Waals surface area (Å²) in [5, 5.41) is 3.73. The lowest BCUT2D eigenvalue weighted by Crippen LogP contribution is -2.41. The molecular weight excluding hydrogens is 440 g/mol. The fourth-order valence-corrected chi connectivity index (χ4v) is 5.08. The number of carbonyl (C=O) groups is 3. The van der Waals surface area contributed by atoms with Crippen LogP contribution >= 0.6 is 0 Å². The fourth-order valence-electron chi connectivity index (χ4n) is 5.08. The molecule has 3 aromatic carbocycles. The third-order valence-electron chi connectivity index (χ3n) is 7.29. The highest BCUT2D eigenvalue weighted by Crippen LogP contribution is 2.41. The Balaban J connectivity index is 1.57. The first-order valence-corrected chi connectivity index (χ1v) is 12.5. The van der Waals surface area contributed by atoms with Crippen LogP contribution in [0.2, 0.25) is 0 Å². The zero-order valence-corrected chi connectivity index (χ0v) is 21.1. The van der Waals surface area contributed by atoms with E-state index < -0.39 is 10.8 Å². The molecule has 1 aliphatic rings. The van der Waals surface area contributed by atoms with E-state index in [1.165, 1.54) is 0 Å². The molecule has 1 aliphatic carbocycles. The van der Waals surface area contributed by atoms with E-state index in [4.69, 9.17) is 9.47 Å². The third kappa shape index (κ3) is 5.24. The Morgan fingerprint density at radius 3 is 2.11 bits per heavy atom. The summed E-state index contributed by atoms with van der Waals surface area (Å²) in [6.45, 7) is 7.39. The highest BCUT2D eigenvalue weighted by atomic mass is 16.5. The topological polar surface area (TPSA) is 69.7 Å². The molecule has 2 atom stereocenters. The average Bonchev–Trinajstić information content (AvgIpc) is 2.83. The van der Waals surface area contributed by atoms with Crippen molar-refractivity contribution in [3.8, 4) is 5.75 Å². The second-order valence-corrected chi connectivity index (χ2v) is 10.7. The lowest BCUT2D eigenvalue weighted by atomic mass is 9.72. The molecule has 35 heavy (non-hydrogen) atoms. The predicted molar refractivity (Wildman–Crippen MR) is 137 cm³/mol. The predicted octanol–water partition coefficient (Wildman–Crippen LogP) is 6.79. The van der Waals surface area contributed by atoms with Crippen LogP contribution in [0.1, 0.15) is 66.2 Å². The molecule has 2 unspecified atom stereocenters. The maximum Gasteiger partial charge on any atom is 0.316 e. The molecule has 3 aromatic rings. The molecule has 0 heterocycles. The summed E-state index contributed by atoms with van der Waals surface area (Å²) >= 11 is 0. The molecule has 0 bridgehead atoms. The maximum atomic E-state index is 13.6. The Bertz CT molecular complexity index is 1220. The van der Waals surface area contributed by atoms with Gasteiger partial charge in [0.25, 0.3) is 0 Å². The van der Waals surface area contributed by atoms with Gasteiger partial charge in [-0.25, -0.2) is 0 Å². The minimum Gasteiger partial charge on any atom is -0.461 e. The summed E-state index contributed by atoms with van der Waals surface area (Å²) < 4.78 is 11.9. The quantitative estimate of drug-likeness (QED) is 0.214. The summed E-state index contributed by atoms with van der Waals surface area (Å²) in [5.41, 5.74) is -1.81. The van der Waals surface area contributed by atoms with Gasteiger partial charge in [0.2, 0.25) is 0 Å². The number of Topliss-reactive ketones (excluding diaryl/α,β-unsaturated/α-hetero) is 1. The minimum atomic E-state index is -0.940. The molecule has 1 fully saturated rings. The van der Waals surface area contributed by atoms with Gasteiger partial charge in [-0.2, -0.15) is 0 Å². The van der Waals surface area contributed by atoms with Gasteiger partial charge in [-0.05, 0) is 63.3 Å². The van der Waals surface area contributed by atoms with E-state index >= 15 is 0 Å². The van der Waals surface area contributed by atoms with Gasteiger partial charge >= 0.3 is 11.9 Å². The summed E-state index contributed by atoms with van der Waals surface area (Å²) in [5.74, 6) is -0.0627. The van der Waals surface area contributed by atoms with Crippen LogP contribution in [0, 0.1) is 10.8 Å². The van der Waals surface area contributed by atoms with Gasteiger partial charge < -0.3 is 9.47 Å². The number of ketones is 1. The van der Waals surface area contributed by atoms with Crippen molar-refractivity contribution < 1.29 is 23.9 Å². The molecule has 1 saturated carbocycles. The Kier molecular flexibility index (Phi) is 6.98. The van der Waals surface area contributed by atoms with Gasteiger partial charge in [0.1, 0.15) is 17.6 Å². The number of hydrogen-bond acceptors (Lipinski definition) is 5. The van der Waals surface area contributed by atoms with E-state index in [2.05, 4.69) is 6.07 Å². The van der Waals surface area contributed by atoms with Gasteiger partial charge in [0.15, 0.2) is 0 Å². The van der Waals surface area contributed by atoms with Gasteiger partial charge in [-0.15, -0.1) is 0 Å². The van der Waals surface area contributed by atoms with Gasteiger partial charge in [-0.3, -0.25) is 14.4 Å². The standard InChI is InChI=1S/C30H34O5/c1-5-30(4,28(33)34-23-14-10-13-22(31)18-23)19-29(2,3)27(32)35-26-24-15-8-6-11-20(24)17-21-12-7-9-16-25(21)26/h6-9,11-12,15-17,23H,5,10,13-14,18-19H2,1-4H3. The van der Waals surface area contributed by atoms with Crippen LogP contribution in [0.15, 0.2) is 54.6 Å². The molecule has 0 amide bonds. The molecule has 0 spiro atoms. The van der Waals surface area contributed by atoms with Crippen molar-refractivity contribution in [2.75, 3.05) is 0 Å². The average molecular weight is 475 g/mol. The minimum absolute atomic E-state index is 0.137. The third-order valence-corrected chi connectivity index (χ3v) is 7.29. The van der Waals surface area contributed by atoms with E-state index in [0.717, 1.165) is 28.0 Å². The largest absolute Gasteiger partial charge is 0.461 e. The van der Waals surface area contributed by atoms with Crippen LogP contribution in [0.3, 0.4) is 0 Å². The highest BCUT2D eigenvalue weighted by molar-refractivity contribution is 6.06. The maximum absolute atomic E-state index is 13.6. The Hall–Kier alpha value is -3.21. The zero-order chi connectivity index (χ0) is 25.2. The molecule has 0 N–H and O–H groups in total. The summed E-state index contributed by atoms with van der Waals surface area (Å²) in [6, 6.07) is 17.8. The smallest absolute Gasteiger partial charge is 0.316 e. The van der Waals surface area contributed by atoms with E-state index in [1.54, 1.807) is 0 Å². The molecule has 5 heteroatoms. The Morgan fingerprint density at radius 1 is 0.943 bits per heavy atom. The second-order valence-electron chi connectivity index (χ2n) is 10.7. The lowest BCUT2D eigenvalue weighted by Gasteiger charge is -2.35. The Labute approximate surface area is 206 Å². The first-order valence-electron chi connectivity index (χ1n) is 12.5. The molecule has 0 aliphatic heterocycles. The van der Waals surface area contributed by atoms with Crippen molar-refractivity contribution >= 4 is 39.3 Å². The molecular formula is C30H34O5. The van der Waals surface area contributed by atoms with Gasteiger partial charge in [0, 0.05) is 23.6 Å². The molecule has 0 saturated heterocycles. The number of ether oxygens (including phenoxy) is 2. The van der Waals surface area contributed by atoms with Crippen molar-refractivity contribution in [2.24, 2.45) is 10.8 Å². The number of benzene rings is 3. The number of carbonyl (C=O) groups excluding carboxylic acids is 3. The molecule has 4 rings (SSSR count). The van der Waals surface area contributed by atoms with E-state index in [0.29, 0.717) is 25.0 Å². The number of hydrogen-bond donors (Lipinski definition) is 0. The van der Waals surface area contributed by atoms with E-state index in [-0.39, 0.29) is 36.7 Å². The van der Waals surface area contributed by atoms with Gasteiger partial charge in [0.05, 0.1) is 10.8 Å². The summed E-state index contributed by atoms with van der Waals surface area (Å²) in [6.07, 6.45) is 2.71. The van der Waals surface area contributed by atoms with Crippen LogP contribution in [-0.4, -0.2) is 23.8 Å². The number of fused-ring (bicyclic) bond motifs is 2. The van der Waals surface area contributed by atoms with Crippen LogP contribution < -0.4 is 4.74 Å². The summed E-state index contributed by atoms with van der Waals surface area (Å²) in [7, 11) is 0. The zero-order valence-electron chi connectivity index (χ0n) is 21.1. The van der Waals surface area contributed by atoms with E-state index in [1.807, 2.05) is 76.2 Å². The van der Waals surface area contributed by atoms with Crippen molar-refractivity contribution in [3.05, 3.63) is 54.6 Å². The molecule has 0 aromatic heterocycles. The normalized spacial score (nSPS) is 18.3. The second kappa shape index (κ2) is 9.80. The van der Waals surface area contributed by atoms with E-state index in [9.17, 15) is 14.4 Å². The van der Waals surface area contributed by atoms with Crippen molar-refractivity contribution in [1.82, 2.24) is 0 Å². The van der Waals surface area contributed by atoms with Crippen molar-refractivity contribution in [1.29, 1.82) is 0 Å². The lowest BCUT2D eigenvalue weighted by molar-refractivity contribution is -0.166. The Morgan fingerprint density at radius 2 is 1.54 bits per heavy atom. The number of esters is 2. The van der Waals surface area contributed by atoms with Gasteiger partial charge in [-0.1, -0.05) is 55.5 Å². The SMILES string of the molecule is CCC(C)(CC(C)(C)C(=O)Oc1c2ccccc2cc2ccccc12)C(=O)OC1CCCC(=O)C1. The highest BCUT2D eigenvalue weighted by Gasteiger charge is 2.44. The summed E-state index contributed by atoms with van der Waals surface area (Å²) in [4.78, 5) is 38.5. The van der Waals surface area contributed by atoms with Crippen molar-refractivity contribution in [3.63, 3.8) is 0 Å². The fraction of sp³-hybridized carbons (Fsp3) is 0.433. The molecule has 0 radical (unpaired) electrons. The van der Waals surface area contributed by atoms with Crippen LogP contribution in [0.25, 0.3) is 21.5 Å². The first-order chi connectivity index (χ1) is 16.6. The van der Waals surface area contributed by atoms with Crippen molar-refractivity contribution in [2.45, 2.75) is 72.3 Å². The molecule has 184 valence electrons. The van der Waals surface area contributed by atoms with Crippen LogP contribution in [0.5, 0.6) is 5.75 Å². The number of rotatable bonds is 7.